The fourth-order valence-corrected chi connectivity index (χ4v) is 8.32. The number of aliphatic hydroxyl groups is 1. The third-order valence-corrected chi connectivity index (χ3v) is 10.5. The van der Waals surface area contributed by atoms with Gasteiger partial charge in [-0.1, -0.05) is 83.9 Å². The van der Waals surface area contributed by atoms with Crippen LogP contribution in [-0.2, 0) is 28.7 Å². The zero-order valence-electron chi connectivity index (χ0n) is 26.8. The SMILES string of the molecule is CC(C)C[C@H](CO)N1C(=O)[C@H]2[C@@H]3C(=O)N[C@H](c4ccccc4)COC(=O)CC/C=C\CN(c4ccc(Cl)cc4)C(=O)[C@H]1[C@@]21C=C(Br)[C@@H]3O1. The molecular formula is C36H39BrClN3O7. The third kappa shape index (κ3) is 6.33. The lowest BCUT2D eigenvalue weighted by atomic mass is 9.74. The lowest BCUT2D eigenvalue weighted by molar-refractivity contribution is -0.146. The zero-order chi connectivity index (χ0) is 34.2. The Balaban J connectivity index is 1.48. The Hall–Kier alpha value is -3.51. The zero-order valence-corrected chi connectivity index (χ0v) is 29.1. The maximum Gasteiger partial charge on any atom is 0.306 e. The van der Waals surface area contributed by atoms with Gasteiger partial charge in [0.1, 0.15) is 24.4 Å². The van der Waals surface area contributed by atoms with Crippen molar-refractivity contribution in [3.8, 4) is 0 Å². The summed E-state index contributed by atoms with van der Waals surface area (Å²) in [5, 5.41) is 14.2. The number of carbonyl (C=O) groups is 4. The van der Waals surface area contributed by atoms with Crippen molar-refractivity contribution in [3.05, 3.63) is 87.9 Å². The summed E-state index contributed by atoms with van der Waals surface area (Å²) in [6.45, 7) is 3.62. The molecule has 0 aliphatic carbocycles. The van der Waals surface area contributed by atoms with Gasteiger partial charge in [0.25, 0.3) is 5.91 Å². The minimum absolute atomic E-state index is 0.0949. The first-order chi connectivity index (χ1) is 23.1. The molecule has 5 bridgehead atoms. The van der Waals surface area contributed by atoms with Crippen LogP contribution in [0, 0.1) is 17.8 Å². The van der Waals surface area contributed by atoms with Crippen molar-refractivity contribution >= 4 is 56.9 Å². The molecule has 48 heavy (non-hydrogen) atoms. The van der Waals surface area contributed by atoms with Gasteiger partial charge in [0, 0.05) is 28.2 Å². The predicted octanol–water partition coefficient (Wildman–Crippen LogP) is 4.70. The quantitative estimate of drug-likeness (QED) is 0.325. The van der Waals surface area contributed by atoms with Crippen molar-refractivity contribution < 1.29 is 33.8 Å². The summed E-state index contributed by atoms with van der Waals surface area (Å²) in [7, 11) is 0. The molecule has 3 amide bonds. The van der Waals surface area contributed by atoms with Gasteiger partial charge >= 0.3 is 5.97 Å². The van der Waals surface area contributed by atoms with E-state index in [-0.39, 0.29) is 32.1 Å². The molecule has 254 valence electrons. The summed E-state index contributed by atoms with van der Waals surface area (Å²) in [5.41, 5.74) is -0.215. The van der Waals surface area contributed by atoms with Crippen molar-refractivity contribution in [1.82, 2.24) is 10.2 Å². The number of ether oxygens (including phenoxy) is 2. The van der Waals surface area contributed by atoms with E-state index in [0.29, 0.717) is 28.0 Å². The van der Waals surface area contributed by atoms with Gasteiger partial charge in [-0.15, -0.1) is 0 Å². The number of allylic oxidation sites excluding steroid dienone is 1. The lowest BCUT2D eigenvalue weighted by Gasteiger charge is -2.39. The molecule has 4 heterocycles. The van der Waals surface area contributed by atoms with Crippen LogP contribution in [0.5, 0.6) is 0 Å². The van der Waals surface area contributed by atoms with E-state index in [1.54, 1.807) is 41.3 Å². The molecule has 2 saturated heterocycles. The number of rotatable bonds is 6. The van der Waals surface area contributed by atoms with Gasteiger partial charge in [0.05, 0.1) is 30.5 Å². The topological polar surface area (TPSA) is 125 Å². The summed E-state index contributed by atoms with van der Waals surface area (Å²) in [6, 6.07) is 13.4. The number of benzene rings is 2. The highest BCUT2D eigenvalue weighted by Crippen LogP contribution is 2.59. The second-order valence-electron chi connectivity index (χ2n) is 13.1. The predicted molar refractivity (Wildman–Crippen MR) is 183 cm³/mol. The monoisotopic (exact) mass is 739 g/mol. The molecular weight excluding hydrogens is 702 g/mol. The maximum absolute atomic E-state index is 15.0. The minimum Gasteiger partial charge on any atom is -0.463 e. The van der Waals surface area contributed by atoms with E-state index in [0.717, 1.165) is 5.56 Å². The number of cyclic esters (lactones) is 1. The van der Waals surface area contributed by atoms with Gasteiger partial charge in [0.15, 0.2) is 0 Å². The van der Waals surface area contributed by atoms with E-state index in [9.17, 15) is 19.5 Å². The molecule has 4 aliphatic rings. The van der Waals surface area contributed by atoms with Gasteiger partial charge < -0.3 is 29.7 Å². The van der Waals surface area contributed by atoms with Crippen LogP contribution < -0.4 is 10.2 Å². The Morgan fingerprint density at radius 3 is 2.46 bits per heavy atom. The lowest BCUT2D eigenvalue weighted by Crippen LogP contribution is -2.59. The minimum atomic E-state index is -1.48. The number of fused-ring (bicyclic) bond motifs is 2. The van der Waals surface area contributed by atoms with Crippen LogP contribution in [0.1, 0.15) is 44.7 Å². The van der Waals surface area contributed by atoms with Crippen molar-refractivity contribution in [3.63, 3.8) is 0 Å². The highest BCUT2D eigenvalue weighted by Gasteiger charge is 2.75. The van der Waals surface area contributed by atoms with Crippen LogP contribution in [0.2, 0.25) is 5.02 Å². The Labute approximate surface area is 293 Å². The van der Waals surface area contributed by atoms with Crippen LogP contribution in [-0.4, -0.2) is 77.2 Å². The van der Waals surface area contributed by atoms with Crippen molar-refractivity contribution in [2.75, 3.05) is 24.7 Å². The summed E-state index contributed by atoms with van der Waals surface area (Å²) in [6.07, 6.45) is 5.46. The van der Waals surface area contributed by atoms with Crippen LogP contribution >= 0.6 is 27.5 Å². The first-order valence-corrected chi connectivity index (χ1v) is 17.4. The van der Waals surface area contributed by atoms with E-state index in [1.165, 1.54) is 4.90 Å². The first kappa shape index (κ1) is 34.4. The molecule has 4 aliphatic heterocycles. The van der Waals surface area contributed by atoms with Crippen molar-refractivity contribution in [1.29, 1.82) is 0 Å². The second kappa shape index (κ2) is 14.2. The molecule has 6 rings (SSSR count). The molecule has 0 aromatic heterocycles. The average Bonchev–Trinajstić information content (AvgIpc) is 3.67. The largest absolute Gasteiger partial charge is 0.463 e. The molecule has 10 nitrogen and oxygen atoms in total. The average molecular weight is 741 g/mol. The van der Waals surface area contributed by atoms with Crippen molar-refractivity contribution in [2.24, 2.45) is 17.8 Å². The van der Waals surface area contributed by atoms with E-state index in [4.69, 9.17) is 21.1 Å². The molecule has 2 N–H and O–H groups in total. The standard InChI is InChI=1S/C36H39BrClN3O7/c1-21(2)17-25(19-42)41-32-35(46)40(24-14-12-23(38)13-15-24)16-8-4-7-11-28(43)47-20-27(22-9-5-3-6-10-22)39-33(44)29-30(34(41)45)36(32)18-26(37)31(29)48-36/h3-6,8-10,12-15,18,21,25,27,29-32,42H,7,11,16-17,19-20H2,1-2H3,(H,39,44)/b8-4-/t25-,27+,29+,30-,31+,32+,36-/m1/s1. The number of carbonyl (C=O) groups excluding carboxylic acids is 4. The number of likely N-dealkylation sites (tertiary alicyclic amines) is 1. The van der Waals surface area contributed by atoms with Crippen LogP contribution in [0.15, 0.2) is 77.3 Å². The second-order valence-corrected chi connectivity index (χ2v) is 14.5. The molecule has 0 unspecified atom stereocenters. The number of anilines is 1. The number of hydrogen-bond donors (Lipinski definition) is 2. The highest BCUT2D eigenvalue weighted by molar-refractivity contribution is 9.11. The summed E-state index contributed by atoms with van der Waals surface area (Å²) in [4.78, 5) is 59.9. The Kier molecular flexibility index (Phi) is 10.1. The summed E-state index contributed by atoms with van der Waals surface area (Å²) < 4.78 is 12.8. The number of amides is 3. The number of halogens is 2. The number of nitrogens with zero attached hydrogens (tertiary/aromatic N) is 2. The first-order valence-electron chi connectivity index (χ1n) is 16.3. The summed E-state index contributed by atoms with van der Waals surface area (Å²) in [5.74, 6) is -3.70. The molecule has 2 aromatic carbocycles. The Bertz CT molecular complexity index is 1620. The molecule has 2 fully saturated rings. The number of esters is 1. The number of hydrogen-bond acceptors (Lipinski definition) is 7. The normalized spacial score (nSPS) is 30.6. The van der Waals surface area contributed by atoms with Crippen molar-refractivity contribution in [2.45, 2.75) is 62.9 Å². The van der Waals surface area contributed by atoms with Gasteiger partial charge in [-0.3, -0.25) is 19.2 Å². The third-order valence-electron chi connectivity index (χ3n) is 9.55. The van der Waals surface area contributed by atoms with Gasteiger partial charge in [-0.25, -0.2) is 0 Å². The highest BCUT2D eigenvalue weighted by atomic mass is 79.9. The fraction of sp³-hybridized carbons (Fsp3) is 0.444. The van der Waals surface area contributed by atoms with E-state index in [2.05, 4.69) is 21.2 Å². The smallest absolute Gasteiger partial charge is 0.306 e. The Morgan fingerprint density at radius 1 is 1.04 bits per heavy atom. The Morgan fingerprint density at radius 2 is 1.77 bits per heavy atom. The van der Waals surface area contributed by atoms with E-state index in [1.807, 2.05) is 50.3 Å². The summed E-state index contributed by atoms with van der Waals surface area (Å²) >= 11 is 9.81. The number of nitrogens with one attached hydrogen (secondary N) is 1. The van der Waals surface area contributed by atoms with E-state index >= 15 is 4.79 Å². The molecule has 2 aromatic rings. The fourth-order valence-electron chi connectivity index (χ4n) is 7.46. The van der Waals surface area contributed by atoms with Gasteiger partial charge in [0.2, 0.25) is 11.8 Å². The van der Waals surface area contributed by atoms with Gasteiger partial charge in [-0.2, -0.15) is 0 Å². The van der Waals surface area contributed by atoms with E-state index < -0.39 is 65.4 Å². The molecule has 0 saturated carbocycles. The van der Waals surface area contributed by atoms with Gasteiger partial charge in [-0.05, 0) is 54.7 Å². The molecule has 1 spiro atoms. The maximum atomic E-state index is 15.0. The van der Waals surface area contributed by atoms with Crippen LogP contribution in [0.3, 0.4) is 0 Å². The molecule has 0 radical (unpaired) electrons. The number of aliphatic hydroxyl groups excluding tert-OH is 1. The van der Waals surface area contributed by atoms with Crippen LogP contribution in [0.4, 0.5) is 5.69 Å². The van der Waals surface area contributed by atoms with Crippen LogP contribution in [0.25, 0.3) is 0 Å². The molecule has 12 heteroatoms. The molecule has 7 atom stereocenters.